The quantitative estimate of drug-likeness (QED) is 0.495. The Morgan fingerprint density at radius 2 is 1.00 bits per heavy atom. The van der Waals surface area contributed by atoms with Crippen LogP contribution in [-0.4, -0.2) is 11.8 Å². The van der Waals surface area contributed by atoms with Crippen molar-refractivity contribution in [1.82, 2.24) is 0 Å². The van der Waals surface area contributed by atoms with Crippen LogP contribution < -0.4 is 4.90 Å². The predicted molar refractivity (Wildman–Crippen MR) is 113 cm³/mol. The highest BCUT2D eigenvalue weighted by atomic mass is 35.5. The fraction of sp³-hybridized carbons (Fsp3) is 0.167. The highest BCUT2D eigenvalue weighted by Crippen LogP contribution is 2.61. The van der Waals surface area contributed by atoms with Crippen molar-refractivity contribution < 1.29 is 9.59 Å². The maximum absolute atomic E-state index is 13.6. The number of amides is 2. The van der Waals surface area contributed by atoms with Gasteiger partial charge in [-0.15, -0.1) is 0 Å². The Balaban J connectivity index is 1.57. The second-order valence-electron chi connectivity index (χ2n) is 7.90. The summed E-state index contributed by atoms with van der Waals surface area (Å²) < 4.78 is 0. The monoisotopic (exact) mass is 419 g/mol. The van der Waals surface area contributed by atoms with Gasteiger partial charge in [0.1, 0.15) is 0 Å². The average molecular weight is 420 g/mol. The lowest BCUT2D eigenvalue weighted by Crippen LogP contribution is -2.41. The molecule has 3 aromatic rings. The first-order chi connectivity index (χ1) is 14.1. The second-order valence-corrected chi connectivity index (χ2v) is 8.78. The van der Waals surface area contributed by atoms with E-state index in [2.05, 4.69) is 24.3 Å². The fourth-order valence-corrected chi connectivity index (χ4v) is 6.11. The molecule has 1 fully saturated rings. The van der Waals surface area contributed by atoms with E-state index in [1.807, 2.05) is 24.3 Å². The Morgan fingerprint density at radius 3 is 1.38 bits per heavy atom. The number of benzene rings is 3. The lowest BCUT2D eigenvalue weighted by molar-refractivity contribution is -0.122. The summed E-state index contributed by atoms with van der Waals surface area (Å²) in [6, 6.07) is 21.3. The maximum atomic E-state index is 13.6. The molecule has 0 aromatic heterocycles. The number of halogens is 2. The number of rotatable bonds is 1. The molecule has 0 radical (unpaired) electrons. The summed E-state index contributed by atoms with van der Waals surface area (Å²) >= 11 is 12.3. The number of hydrogen-bond acceptors (Lipinski definition) is 2. The lowest BCUT2D eigenvalue weighted by atomic mass is 9.55. The molecule has 0 N–H and O–H groups in total. The van der Waals surface area contributed by atoms with Gasteiger partial charge in [-0.1, -0.05) is 71.7 Å². The molecule has 2 unspecified atom stereocenters. The number of carbonyl (C=O) groups excluding carboxylic acids is 2. The first-order valence-electron chi connectivity index (χ1n) is 9.58. The van der Waals surface area contributed by atoms with Crippen molar-refractivity contribution in [3.63, 3.8) is 0 Å². The van der Waals surface area contributed by atoms with Gasteiger partial charge in [-0.3, -0.25) is 9.59 Å². The van der Waals surface area contributed by atoms with E-state index in [9.17, 15) is 9.59 Å². The fourth-order valence-electron chi connectivity index (χ4n) is 5.60. The molecule has 2 bridgehead atoms. The van der Waals surface area contributed by atoms with Gasteiger partial charge in [0.05, 0.1) is 17.5 Å². The third-order valence-corrected chi connectivity index (χ3v) is 6.99. The molecule has 7 rings (SSSR count). The van der Waals surface area contributed by atoms with E-state index in [1.165, 1.54) is 4.90 Å². The van der Waals surface area contributed by atoms with Gasteiger partial charge in [-0.05, 0) is 40.5 Å². The molecule has 142 valence electrons. The molecule has 5 heteroatoms. The van der Waals surface area contributed by atoms with Crippen LogP contribution in [0.3, 0.4) is 0 Å². The molecule has 2 amide bonds. The Bertz CT molecular complexity index is 1090. The largest absolute Gasteiger partial charge is 0.274 e. The normalized spacial score (nSPS) is 26.3. The molecule has 3 aliphatic carbocycles. The molecule has 0 spiro atoms. The highest BCUT2D eigenvalue weighted by Gasteiger charge is 2.61. The molecular weight excluding hydrogens is 405 g/mol. The topological polar surface area (TPSA) is 37.4 Å². The summed E-state index contributed by atoms with van der Waals surface area (Å²) in [7, 11) is 0. The van der Waals surface area contributed by atoms with E-state index >= 15 is 0 Å². The van der Waals surface area contributed by atoms with Crippen molar-refractivity contribution in [2.75, 3.05) is 4.90 Å². The van der Waals surface area contributed by atoms with E-state index in [0.29, 0.717) is 15.7 Å². The maximum Gasteiger partial charge on any atom is 0.238 e. The van der Waals surface area contributed by atoms with Crippen LogP contribution >= 0.6 is 23.2 Å². The molecule has 4 aliphatic rings. The van der Waals surface area contributed by atoms with E-state index in [-0.39, 0.29) is 23.7 Å². The minimum absolute atomic E-state index is 0.117. The van der Waals surface area contributed by atoms with Crippen molar-refractivity contribution in [1.29, 1.82) is 0 Å². The predicted octanol–water partition coefficient (Wildman–Crippen LogP) is 5.39. The first kappa shape index (κ1) is 17.3. The van der Waals surface area contributed by atoms with E-state index < -0.39 is 11.8 Å². The van der Waals surface area contributed by atoms with Crippen LogP contribution in [0.1, 0.15) is 34.1 Å². The lowest BCUT2D eigenvalue weighted by Gasteiger charge is -2.45. The summed E-state index contributed by atoms with van der Waals surface area (Å²) in [5, 5.41) is 0.801. The van der Waals surface area contributed by atoms with Crippen molar-refractivity contribution in [2.24, 2.45) is 11.8 Å². The van der Waals surface area contributed by atoms with Crippen LogP contribution in [0.15, 0.2) is 66.7 Å². The van der Waals surface area contributed by atoms with E-state index in [4.69, 9.17) is 23.2 Å². The smallest absolute Gasteiger partial charge is 0.238 e. The van der Waals surface area contributed by atoms with Gasteiger partial charge in [-0.2, -0.15) is 0 Å². The summed E-state index contributed by atoms with van der Waals surface area (Å²) in [6.07, 6.45) is 0. The number of carbonyl (C=O) groups is 2. The van der Waals surface area contributed by atoms with Crippen LogP contribution in [-0.2, 0) is 9.59 Å². The molecule has 1 aliphatic heterocycles. The van der Waals surface area contributed by atoms with Gasteiger partial charge >= 0.3 is 0 Å². The van der Waals surface area contributed by atoms with Crippen molar-refractivity contribution >= 4 is 40.7 Å². The third kappa shape index (κ3) is 2.20. The molecule has 1 heterocycles. The summed E-state index contributed by atoms with van der Waals surface area (Å²) in [5.41, 5.74) is 5.07. The molecule has 3 aromatic carbocycles. The molecule has 1 saturated heterocycles. The number of nitrogens with zero attached hydrogens (tertiary/aromatic N) is 1. The average Bonchev–Trinajstić information content (AvgIpc) is 2.98. The molecule has 29 heavy (non-hydrogen) atoms. The number of anilines is 1. The van der Waals surface area contributed by atoms with Crippen LogP contribution in [0.4, 0.5) is 5.69 Å². The highest BCUT2D eigenvalue weighted by molar-refractivity contribution is 6.35. The van der Waals surface area contributed by atoms with Gasteiger partial charge in [0.2, 0.25) is 11.8 Å². The first-order valence-corrected chi connectivity index (χ1v) is 10.3. The SMILES string of the molecule is O=C1C2C3c4ccccc4C(c4ccccc43)C2C(=O)N1c1cc(Cl)cc(Cl)c1. The molecular formula is C24H15Cl2NO2. The van der Waals surface area contributed by atoms with Gasteiger partial charge in [0, 0.05) is 21.9 Å². The van der Waals surface area contributed by atoms with Gasteiger partial charge < -0.3 is 0 Å². The van der Waals surface area contributed by atoms with Gasteiger partial charge in [-0.25, -0.2) is 4.90 Å². The Hall–Kier alpha value is -2.62. The zero-order valence-electron chi connectivity index (χ0n) is 15.2. The minimum atomic E-state index is -0.407. The number of imide groups is 1. The van der Waals surface area contributed by atoms with Gasteiger partial charge in [0.15, 0.2) is 0 Å². The molecule has 0 saturated carbocycles. The zero-order chi connectivity index (χ0) is 19.9. The molecule has 3 nitrogen and oxygen atoms in total. The van der Waals surface area contributed by atoms with Crippen molar-refractivity contribution in [3.8, 4) is 0 Å². The van der Waals surface area contributed by atoms with E-state index in [1.54, 1.807) is 18.2 Å². The second kappa shape index (κ2) is 5.94. The van der Waals surface area contributed by atoms with Crippen molar-refractivity contribution in [2.45, 2.75) is 11.8 Å². The van der Waals surface area contributed by atoms with E-state index in [0.717, 1.165) is 22.3 Å². The number of hydrogen-bond donors (Lipinski definition) is 0. The molecule has 2 atom stereocenters. The summed E-state index contributed by atoms with van der Waals surface area (Å²) in [4.78, 5) is 28.5. The summed E-state index contributed by atoms with van der Waals surface area (Å²) in [6.45, 7) is 0. The Morgan fingerprint density at radius 1 is 0.621 bits per heavy atom. The Kier molecular flexibility index (Phi) is 3.54. The summed E-state index contributed by atoms with van der Waals surface area (Å²) in [5.74, 6) is -1.39. The standard InChI is InChI=1S/C24H15Cl2NO2/c25-12-9-13(26)11-14(10-12)27-23(28)21-19-15-5-1-2-6-16(15)20(22(21)24(27)29)18-8-4-3-7-17(18)19/h1-11,19-22H. The van der Waals surface area contributed by atoms with Crippen LogP contribution in [0.2, 0.25) is 10.0 Å². The Labute approximate surface area is 177 Å². The van der Waals surface area contributed by atoms with Crippen LogP contribution in [0.5, 0.6) is 0 Å². The van der Waals surface area contributed by atoms with Crippen LogP contribution in [0.25, 0.3) is 0 Å². The van der Waals surface area contributed by atoms with Crippen LogP contribution in [0, 0.1) is 11.8 Å². The minimum Gasteiger partial charge on any atom is -0.274 e. The third-order valence-electron chi connectivity index (χ3n) is 6.55. The van der Waals surface area contributed by atoms with Crippen molar-refractivity contribution in [3.05, 3.63) is 99.0 Å². The van der Waals surface area contributed by atoms with Gasteiger partial charge in [0.25, 0.3) is 0 Å². The zero-order valence-corrected chi connectivity index (χ0v) is 16.7.